The van der Waals surface area contributed by atoms with Gasteiger partial charge in [-0.25, -0.2) is 0 Å². The summed E-state index contributed by atoms with van der Waals surface area (Å²) >= 11 is 0. The summed E-state index contributed by atoms with van der Waals surface area (Å²) in [6, 6.07) is 2.08. The lowest BCUT2D eigenvalue weighted by Gasteiger charge is -2.20. The second-order valence-corrected chi connectivity index (χ2v) is 4.57. The number of carbonyl (C=O) groups excluding carboxylic acids is 1. The van der Waals surface area contributed by atoms with Crippen LogP contribution in [0.1, 0.15) is 25.8 Å². The van der Waals surface area contributed by atoms with Gasteiger partial charge in [-0.3, -0.25) is 14.9 Å². The number of hydrogen-bond acceptors (Lipinski definition) is 4. The summed E-state index contributed by atoms with van der Waals surface area (Å²) in [7, 11) is 0. The number of hydrogen-bond donors (Lipinski definition) is 2. The molecule has 0 spiro atoms. The molecule has 1 atom stereocenters. The predicted octanol–water partition coefficient (Wildman–Crippen LogP) is 2.71. The molecule has 0 radical (unpaired) electrons. The second kappa shape index (κ2) is 5.68. The maximum Gasteiger partial charge on any atom is 0.423 e. The van der Waals surface area contributed by atoms with E-state index < -0.39 is 33.9 Å². The number of benzene rings is 1. The molecule has 0 aliphatic heterocycles. The van der Waals surface area contributed by atoms with Crippen molar-refractivity contribution in [2.24, 2.45) is 0 Å². The molecule has 0 aliphatic carbocycles. The Morgan fingerprint density at radius 2 is 2.00 bits per heavy atom. The van der Waals surface area contributed by atoms with E-state index in [9.17, 15) is 33.2 Å². The van der Waals surface area contributed by atoms with Crippen LogP contribution in [-0.2, 0) is 11.0 Å². The van der Waals surface area contributed by atoms with Crippen LogP contribution in [0.5, 0.6) is 0 Å². The van der Waals surface area contributed by atoms with Crippen molar-refractivity contribution in [3.05, 3.63) is 33.9 Å². The second-order valence-electron chi connectivity index (χ2n) is 4.57. The van der Waals surface area contributed by atoms with Crippen molar-refractivity contribution in [3.63, 3.8) is 0 Å². The fraction of sp³-hybridized carbons (Fsp3) is 0.417. The summed E-state index contributed by atoms with van der Waals surface area (Å²) in [4.78, 5) is 21.1. The highest BCUT2D eigenvalue weighted by molar-refractivity contribution is 5.96. The van der Waals surface area contributed by atoms with E-state index in [1.54, 1.807) is 0 Å². The average molecular weight is 306 g/mol. The first-order valence-electron chi connectivity index (χ1n) is 5.88. The number of halogens is 3. The Hall–Kier alpha value is -2.16. The molecule has 2 N–H and O–H groups in total. The minimum absolute atomic E-state index is 0.0535. The van der Waals surface area contributed by atoms with Crippen LogP contribution in [0.2, 0.25) is 0 Å². The summed E-state index contributed by atoms with van der Waals surface area (Å²) < 4.78 is 38.3. The van der Waals surface area contributed by atoms with Crippen LogP contribution in [-0.4, -0.2) is 21.5 Å². The molecule has 1 amide bonds. The van der Waals surface area contributed by atoms with Gasteiger partial charge in [-0.05, 0) is 25.5 Å². The van der Waals surface area contributed by atoms with Gasteiger partial charge < -0.3 is 10.4 Å². The number of rotatable bonds is 4. The van der Waals surface area contributed by atoms with E-state index in [2.05, 4.69) is 5.32 Å². The van der Waals surface area contributed by atoms with Crippen molar-refractivity contribution in [2.75, 3.05) is 5.32 Å². The van der Waals surface area contributed by atoms with Crippen molar-refractivity contribution >= 4 is 17.3 Å². The van der Waals surface area contributed by atoms with E-state index in [0.717, 1.165) is 6.07 Å². The zero-order valence-electron chi connectivity index (χ0n) is 11.2. The molecule has 0 bridgehead atoms. The number of nitrogens with one attached hydrogen (secondary N) is 1. The molecule has 6 nitrogen and oxygen atoms in total. The van der Waals surface area contributed by atoms with Gasteiger partial charge in [0, 0.05) is 11.8 Å². The van der Waals surface area contributed by atoms with Crippen LogP contribution in [0.15, 0.2) is 18.2 Å². The minimum atomic E-state index is -4.93. The van der Waals surface area contributed by atoms with Gasteiger partial charge in [0.1, 0.15) is 11.2 Å². The Labute approximate surface area is 117 Å². The third-order valence-electron chi connectivity index (χ3n) is 2.93. The standard InChI is InChI=1S/C12H13F3N2O4/c1-3-11(2,19)10(18)16-7-4-5-9(17(20)21)8(6-7)12(13,14)15/h4-6,19H,3H2,1-2H3,(H,16,18)/t11-/m1/s1. The number of anilines is 1. The normalized spacial score (nSPS) is 14.4. The van der Waals surface area contributed by atoms with Crippen LogP contribution >= 0.6 is 0 Å². The van der Waals surface area contributed by atoms with E-state index in [-0.39, 0.29) is 12.1 Å². The van der Waals surface area contributed by atoms with E-state index in [1.165, 1.54) is 13.8 Å². The fourth-order valence-corrected chi connectivity index (χ4v) is 1.43. The van der Waals surface area contributed by atoms with Crippen LogP contribution in [0.4, 0.5) is 24.5 Å². The van der Waals surface area contributed by atoms with Crippen molar-refractivity contribution in [1.29, 1.82) is 0 Å². The van der Waals surface area contributed by atoms with Gasteiger partial charge in [-0.1, -0.05) is 6.92 Å². The number of nitro benzene ring substituents is 1. The summed E-state index contributed by atoms with van der Waals surface area (Å²) in [5, 5.41) is 22.4. The first-order chi connectivity index (χ1) is 9.49. The zero-order chi connectivity index (χ0) is 16.4. The average Bonchev–Trinajstić information content (AvgIpc) is 2.37. The van der Waals surface area contributed by atoms with E-state index >= 15 is 0 Å². The van der Waals surface area contributed by atoms with Crippen LogP contribution in [0.3, 0.4) is 0 Å². The van der Waals surface area contributed by atoms with Crippen LogP contribution in [0, 0.1) is 10.1 Å². The Morgan fingerprint density at radius 1 is 1.43 bits per heavy atom. The topological polar surface area (TPSA) is 92.5 Å². The Kier molecular flexibility index (Phi) is 4.57. The predicted molar refractivity (Wildman–Crippen MR) is 67.6 cm³/mol. The quantitative estimate of drug-likeness (QED) is 0.660. The highest BCUT2D eigenvalue weighted by atomic mass is 19.4. The van der Waals surface area contributed by atoms with Gasteiger partial charge in [-0.15, -0.1) is 0 Å². The maximum absolute atomic E-state index is 12.8. The molecule has 0 unspecified atom stereocenters. The smallest absolute Gasteiger partial charge is 0.380 e. The van der Waals surface area contributed by atoms with Crippen molar-refractivity contribution in [3.8, 4) is 0 Å². The molecule has 1 aromatic rings. The summed E-state index contributed by atoms with van der Waals surface area (Å²) in [5.41, 5.74) is -4.61. The highest BCUT2D eigenvalue weighted by Crippen LogP contribution is 2.37. The molecule has 0 aromatic heterocycles. The number of alkyl halides is 3. The van der Waals surface area contributed by atoms with E-state index in [0.29, 0.717) is 12.1 Å². The number of carbonyl (C=O) groups is 1. The molecular weight excluding hydrogens is 293 g/mol. The lowest BCUT2D eigenvalue weighted by Crippen LogP contribution is -2.39. The first-order valence-corrected chi connectivity index (χ1v) is 5.88. The Morgan fingerprint density at radius 3 is 2.43 bits per heavy atom. The van der Waals surface area contributed by atoms with Gasteiger partial charge >= 0.3 is 6.18 Å². The van der Waals surface area contributed by atoms with Gasteiger partial charge in [0.25, 0.3) is 11.6 Å². The van der Waals surface area contributed by atoms with Crippen molar-refractivity contribution in [1.82, 2.24) is 0 Å². The maximum atomic E-state index is 12.8. The summed E-state index contributed by atoms with van der Waals surface area (Å²) in [6.07, 6.45) is -4.88. The summed E-state index contributed by atoms with van der Waals surface area (Å²) in [5.74, 6) is -0.896. The fourth-order valence-electron chi connectivity index (χ4n) is 1.43. The lowest BCUT2D eigenvalue weighted by atomic mass is 10.0. The number of aliphatic hydroxyl groups is 1. The molecule has 1 rings (SSSR count). The SMILES string of the molecule is CC[C@@](C)(O)C(=O)Nc1ccc([N+](=O)[O-])c(C(F)(F)F)c1. The molecule has 0 saturated carbocycles. The van der Waals surface area contributed by atoms with Crippen molar-refractivity contribution in [2.45, 2.75) is 32.0 Å². The Balaban J connectivity index is 3.18. The number of nitro groups is 1. The molecule has 0 aliphatic rings. The first kappa shape index (κ1) is 16.9. The van der Waals surface area contributed by atoms with Crippen molar-refractivity contribution < 1.29 is 28.0 Å². The minimum Gasteiger partial charge on any atom is -0.380 e. The molecule has 9 heteroatoms. The van der Waals surface area contributed by atoms with Crippen LogP contribution < -0.4 is 5.32 Å². The number of amides is 1. The van der Waals surface area contributed by atoms with Gasteiger partial charge in [0.15, 0.2) is 0 Å². The summed E-state index contributed by atoms with van der Waals surface area (Å²) in [6.45, 7) is 2.73. The molecule has 0 saturated heterocycles. The van der Waals surface area contributed by atoms with Gasteiger partial charge in [-0.2, -0.15) is 13.2 Å². The molecule has 1 aromatic carbocycles. The molecule has 0 fully saturated rings. The van der Waals surface area contributed by atoms with E-state index in [1.807, 2.05) is 0 Å². The zero-order valence-corrected chi connectivity index (χ0v) is 11.2. The molecule has 0 heterocycles. The van der Waals surface area contributed by atoms with Gasteiger partial charge in [0.05, 0.1) is 4.92 Å². The molecular formula is C12H13F3N2O4. The van der Waals surface area contributed by atoms with Crippen LogP contribution in [0.25, 0.3) is 0 Å². The van der Waals surface area contributed by atoms with E-state index in [4.69, 9.17) is 0 Å². The molecule has 21 heavy (non-hydrogen) atoms. The third kappa shape index (κ3) is 3.91. The third-order valence-corrected chi connectivity index (χ3v) is 2.93. The van der Waals surface area contributed by atoms with Gasteiger partial charge in [0.2, 0.25) is 0 Å². The monoisotopic (exact) mass is 306 g/mol. The molecule has 116 valence electrons. The largest absolute Gasteiger partial charge is 0.423 e. The Bertz CT molecular complexity index is 570. The lowest BCUT2D eigenvalue weighted by molar-refractivity contribution is -0.388. The highest BCUT2D eigenvalue weighted by Gasteiger charge is 2.39. The number of nitrogens with zero attached hydrogens (tertiary/aromatic N) is 1.